The van der Waals surface area contributed by atoms with Crippen molar-refractivity contribution >= 4 is 28.6 Å². The van der Waals surface area contributed by atoms with Crippen LogP contribution in [0.2, 0.25) is 5.15 Å². The molecule has 90 valence electrons. The molecule has 0 N–H and O–H groups in total. The molecular formula is C10H8ClN7. The highest BCUT2D eigenvalue weighted by Gasteiger charge is 2.10. The van der Waals surface area contributed by atoms with Crippen molar-refractivity contribution in [1.82, 2.24) is 29.6 Å². The lowest BCUT2D eigenvalue weighted by Crippen LogP contribution is -2.25. The molecule has 0 unspecified atom stereocenters. The molecule has 0 aliphatic carbocycles. The maximum absolute atomic E-state index is 5.84. The Kier molecular flexibility index (Phi) is 2.52. The van der Waals surface area contributed by atoms with Crippen molar-refractivity contribution < 1.29 is 0 Å². The first kappa shape index (κ1) is 10.8. The molecule has 0 aliphatic rings. The third-order valence-corrected chi connectivity index (χ3v) is 2.68. The zero-order valence-corrected chi connectivity index (χ0v) is 10.2. The molecule has 3 aromatic rings. The molecule has 3 heterocycles. The van der Waals surface area contributed by atoms with Gasteiger partial charge in [0.2, 0.25) is 0 Å². The monoisotopic (exact) mass is 261 g/mol. The van der Waals surface area contributed by atoms with Crippen LogP contribution in [-0.2, 0) is 0 Å². The van der Waals surface area contributed by atoms with Gasteiger partial charge < -0.3 is 0 Å². The number of nitrogens with zero attached hydrogens (tertiary/aromatic N) is 7. The van der Waals surface area contributed by atoms with Gasteiger partial charge in [-0.05, 0) is 0 Å². The highest BCUT2D eigenvalue weighted by atomic mass is 35.5. The Morgan fingerprint density at radius 1 is 1.17 bits per heavy atom. The Morgan fingerprint density at radius 3 is 2.89 bits per heavy atom. The Morgan fingerprint density at radius 2 is 2.06 bits per heavy atom. The second-order valence-electron chi connectivity index (χ2n) is 3.54. The van der Waals surface area contributed by atoms with Gasteiger partial charge in [-0.25, -0.2) is 29.6 Å². The van der Waals surface area contributed by atoms with Crippen LogP contribution in [0.5, 0.6) is 0 Å². The highest BCUT2D eigenvalue weighted by molar-refractivity contribution is 6.29. The van der Waals surface area contributed by atoms with Crippen LogP contribution >= 0.6 is 11.6 Å². The average molecular weight is 262 g/mol. The summed E-state index contributed by atoms with van der Waals surface area (Å²) in [6.45, 7) is 0. The minimum absolute atomic E-state index is 0.380. The molecule has 0 fully saturated rings. The van der Waals surface area contributed by atoms with E-state index in [1.807, 2.05) is 7.05 Å². The van der Waals surface area contributed by atoms with E-state index in [0.29, 0.717) is 22.1 Å². The lowest BCUT2D eigenvalue weighted by atomic mass is 10.5. The van der Waals surface area contributed by atoms with Crippen LogP contribution in [-0.4, -0.2) is 36.6 Å². The van der Waals surface area contributed by atoms with Gasteiger partial charge in [0.15, 0.2) is 11.5 Å². The molecule has 0 spiro atoms. The zero-order chi connectivity index (χ0) is 12.5. The number of aromatic nitrogens is 6. The minimum Gasteiger partial charge on any atom is -0.264 e. The Labute approximate surface area is 107 Å². The lowest BCUT2D eigenvalue weighted by molar-refractivity contribution is 0.770. The Hall–Kier alpha value is -2.28. The Balaban J connectivity index is 2.09. The van der Waals surface area contributed by atoms with E-state index in [1.165, 1.54) is 12.7 Å². The van der Waals surface area contributed by atoms with E-state index in [1.54, 1.807) is 28.3 Å². The number of anilines is 1. The quantitative estimate of drug-likeness (QED) is 0.645. The summed E-state index contributed by atoms with van der Waals surface area (Å²) in [6.07, 6.45) is 6.18. The molecule has 8 heteroatoms. The van der Waals surface area contributed by atoms with E-state index < -0.39 is 0 Å². The van der Waals surface area contributed by atoms with Gasteiger partial charge in [-0.15, -0.1) is 0 Å². The number of rotatable bonds is 2. The average Bonchev–Trinajstić information content (AvgIpc) is 2.82. The number of fused-ring (bicyclic) bond motifs is 1. The molecule has 0 aliphatic heterocycles. The van der Waals surface area contributed by atoms with Crippen LogP contribution in [0.25, 0.3) is 11.2 Å². The van der Waals surface area contributed by atoms with Crippen molar-refractivity contribution in [3.63, 3.8) is 0 Å². The molecule has 0 aromatic carbocycles. The first-order chi connectivity index (χ1) is 8.75. The van der Waals surface area contributed by atoms with Crippen molar-refractivity contribution in [2.45, 2.75) is 0 Å². The van der Waals surface area contributed by atoms with E-state index in [9.17, 15) is 0 Å². The Bertz CT molecular complexity index is 695. The van der Waals surface area contributed by atoms with Gasteiger partial charge in [0.25, 0.3) is 0 Å². The highest BCUT2D eigenvalue weighted by Crippen LogP contribution is 2.16. The minimum atomic E-state index is 0.380. The zero-order valence-electron chi connectivity index (χ0n) is 9.40. The lowest BCUT2D eigenvalue weighted by Gasteiger charge is -2.18. The SMILES string of the molecule is CN(c1cc(Cl)ncn1)n1cnc2cncnc21. The van der Waals surface area contributed by atoms with Crippen LogP contribution < -0.4 is 5.01 Å². The van der Waals surface area contributed by atoms with Crippen LogP contribution in [0, 0.1) is 0 Å². The first-order valence-corrected chi connectivity index (χ1v) is 5.48. The van der Waals surface area contributed by atoms with Crippen molar-refractivity contribution in [1.29, 1.82) is 0 Å². The second kappa shape index (κ2) is 4.19. The fourth-order valence-electron chi connectivity index (χ4n) is 1.59. The molecule has 3 rings (SSSR count). The second-order valence-corrected chi connectivity index (χ2v) is 3.93. The summed E-state index contributed by atoms with van der Waals surface area (Å²) in [6, 6.07) is 1.66. The molecule has 7 nitrogen and oxygen atoms in total. The summed E-state index contributed by atoms with van der Waals surface area (Å²) in [5.74, 6) is 0.646. The molecule has 0 saturated heterocycles. The summed E-state index contributed by atoms with van der Waals surface area (Å²) >= 11 is 5.84. The predicted octanol–water partition coefficient (Wildman–Crippen LogP) is 1.17. The third-order valence-electron chi connectivity index (χ3n) is 2.47. The molecule has 0 saturated carbocycles. The van der Waals surface area contributed by atoms with Gasteiger partial charge in [0, 0.05) is 13.1 Å². The van der Waals surface area contributed by atoms with E-state index >= 15 is 0 Å². The number of imidazole rings is 1. The van der Waals surface area contributed by atoms with E-state index in [-0.39, 0.29) is 0 Å². The van der Waals surface area contributed by atoms with Crippen LogP contribution in [0.3, 0.4) is 0 Å². The molecular weight excluding hydrogens is 254 g/mol. The predicted molar refractivity (Wildman–Crippen MR) is 66.2 cm³/mol. The topological polar surface area (TPSA) is 72.6 Å². The summed E-state index contributed by atoms with van der Waals surface area (Å²) in [5, 5.41) is 2.15. The van der Waals surface area contributed by atoms with E-state index in [0.717, 1.165) is 0 Å². The van der Waals surface area contributed by atoms with Gasteiger partial charge >= 0.3 is 0 Å². The van der Waals surface area contributed by atoms with Gasteiger partial charge in [0.05, 0.1) is 6.20 Å². The van der Waals surface area contributed by atoms with Crippen LogP contribution in [0.4, 0.5) is 5.82 Å². The van der Waals surface area contributed by atoms with Gasteiger partial charge in [-0.2, -0.15) is 0 Å². The van der Waals surface area contributed by atoms with E-state index in [2.05, 4.69) is 24.9 Å². The maximum Gasteiger partial charge on any atom is 0.182 e. The molecule has 18 heavy (non-hydrogen) atoms. The fraction of sp³-hybridized carbons (Fsp3) is 0.100. The molecule has 0 atom stereocenters. The normalized spacial score (nSPS) is 10.8. The molecule has 0 bridgehead atoms. The molecule has 3 aromatic heterocycles. The number of hydrogen-bond donors (Lipinski definition) is 0. The largest absolute Gasteiger partial charge is 0.264 e. The van der Waals surface area contributed by atoms with Crippen molar-refractivity contribution in [3.05, 3.63) is 36.4 Å². The molecule has 0 radical (unpaired) electrons. The van der Waals surface area contributed by atoms with Gasteiger partial charge in [0.1, 0.15) is 29.7 Å². The van der Waals surface area contributed by atoms with Gasteiger partial charge in [-0.1, -0.05) is 11.6 Å². The summed E-state index contributed by atoms with van der Waals surface area (Å²) < 4.78 is 1.76. The summed E-state index contributed by atoms with van der Waals surface area (Å²) in [5.41, 5.74) is 1.41. The number of halogens is 1. The third kappa shape index (κ3) is 1.74. The van der Waals surface area contributed by atoms with Crippen molar-refractivity contribution in [2.24, 2.45) is 0 Å². The number of hydrogen-bond acceptors (Lipinski definition) is 6. The van der Waals surface area contributed by atoms with Gasteiger partial charge in [-0.3, -0.25) is 5.01 Å². The fourth-order valence-corrected chi connectivity index (χ4v) is 1.73. The first-order valence-electron chi connectivity index (χ1n) is 5.10. The standard InChI is InChI=1S/C10H8ClN7/c1-17(9-2-8(11)13-5-14-9)18-6-16-7-3-12-4-15-10(7)18/h2-6H,1H3. The summed E-state index contributed by atoms with van der Waals surface area (Å²) in [7, 11) is 1.84. The van der Waals surface area contributed by atoms with Crippen LogP contribution in [0.15, 0.2) is 31.2 Å². The van der Waals surface area contributed by atoms with Crippen molar-refractivity contribution in [3.8, 4) is 0 Å². The maximum atomic E-state index is 5.84. The summed E-state index contributed by atoms with van der Waals surface area (Å²) in [4.78, 5) is 20.3. The molecule has 0 amide bonds. The van der Waals surface area contributed by atoms with Crippen molar-refractivity contribution in [2.75, 3.05) is 12.1 Å². The van der Waals surface area contributed by atoms with Crippen LogP contribution in [0.1, 0.15) is 0 Å². The van der Waals surface area contributed by atoms with E-state index in [4.69, 9.17) is 11.6 Å². The smallest absolute Gasteiger partial charge is 0.182 e.